The van der Waals surface area contributed by atoms with Gasteiger partial charge in [0.2, 0.25) is 0 Å². The molecule has 1 aliphatic rings. The Bertz CT molecular complexity index is 992. The number of nitrogens with one attached hydrogen (secondary N) is 3. The van der Waals surface area contributed by atoms with Crippen LogP contribution in [-0.4, -0.2) is 22.8 Å². The molecule has 0 spiro atoms. The lowest BCUT2D eigenvalue weighted by atomic mass is 9.87. The summed E-state index contributed by atoms with van der Waals surface area (Å²) in [5.74, 6) is -0.415. The number of thioether (sulfide) groups is 1. The Kier molecular flexibility index (Phi) is 5.88. The van der Waals surface area contributed by atoms with E-state index in [-0.39, 0.29) is 12.2 Å². The van der Waals surface area contributed by atoms with Crippen molar-refractivity contribution in [1.82, 2.24) is 15.5 Å². The fourth-order valence-corrected chi connectivity index (χ4v) is 4.69. The Morgan fingerprint density at radius 2 is 2.26 bits per heavy atom. The van der Waals surface area contributed by atoms with E-state index in [1.54, 1.807) is 13.8 Å². The summed E-state index contributed by atoms with van der Waals surface area (Å²) in [5.41, 5.74) is 2.11. The quantitative estimate of drug-likeness (QED) is 0.641. The molecule has 0 unspecified atom stereocenters. The van der Waals surface area contributed by atoms with E-state index in [1.165, 1.54) is 29.2 Å². The molecule has 3 heterocycles. The molecule has 140 valence electrons. The molecule has 27 heavy (non-hydrogen) atoms. The minimum Gasteiger partial charge on any atom is -0.463 e. The van der Waals surface area contributed by atoms with E-state index in [1.807, 2.05) is 17.5 Å². The molecule has 0 amide bonds. The second-order valence-corrected chi connectivity index (χ2v) is 7.72. The Morgan fingerprint density at radius 3 is 2.85 bits per heavy atom. The molecule has 2 aromatic rings. The van der Waals surface area contributed by atoms with Crippen molar-refractivity contribution in [2.24, 2.45) is 0 Å². The van der Waals surface area contributed by atoms with Gasteiger partial charge in [-0.05, 0) is 25.3 Å². The zero-order valence-electron chi connectivity index (χ0n) is 14.8. The van der Waals surface area contributed by atoms with Crippen molar-refractivity contribution in [3.63, 3.8) is 0 Å². The summed E-state index contributed by atoms with van der Waals surface area (Å²) in [5, 5.41) is 20.9. The number of nitrogens with zero attached hydrogens (tertiary/aromatic N) is 1. The normalized spacial score (nSPS) is 16.9. The van der Waals surface area contributed by atoms with Gasteiger partial charge in [0.1, 0.15) is 0 Å². The van der Waals surface area contributed by atoms with Crippen molar-refractivity contribution in [2.75, 3.05) is 6.61 Å². The SMILES string of the molecule is CCOC(=O)C1=C(C)NC(SCc2cc(=O)[nH][nH]2)=C(C#N)[C@H]1c1cccs1. The first-order valence-corrected chi connectivity index (χ1v) is 10.1. The fraction of sp³-hybridized carbons (Fsp3) is 0.278. The highest BCUT2D eigenvalue weighted by Gasteiger charge is 2.36. The van der Waals surface area contributed by atoms with Crippen LogP contribution in [0.25, 0.3) is 0 Å². The van der Waals surface area contributed by atoms with Gasteiger partial charge in [0.05, 0.1) is 34.8 Å². The highest BCUT2D eigenvalue weighted by atomic mass is 32.2. The lowest BCUT2D eigenvalue weighted by Gasteiger charge is -2.28. The third kappa shape index (κ3) is 4.02. The molecule has 0 saturated carbocycles. The smallest absolute Gasteiger partial charge is 0.336 e. The number of hydrogen-bond acceptors (Lipinski definition) is 7. The van der Waals surface area contributed by atoms with E-state index in [0.29, 0.717) is 27.6 Å². The summed E-state index contributed by atoms with van der Waals surface area (Å²) in [6.07, 6.45) is 0. The van der Waals surface area contributed by atoms with Gasteiger partial charge in [0, 0.05) is 28.1 Å². The molecule has 0 bridgehead atoms. The Hall–Kier alpha value is -2.70. The number of ether oxygens (including phenoxy) is 1. The summed E-state index contributed by atoms with van der Waals surface area (Å²) >= 11 is 2.90. The molecule has 3 rings (SSSR count). The van der Waals surface area contributed by atoms with Gasteiger partial charge < -0.3 is 15.2 Å². The number of H-pyrrole nitrogens is 2. The first kappa shape index (κ1) is 19.1. The van der Waals surface area contributed by atoms with E-state index in [4.69, 9.17) is 4.74 Å². The van der Waals surface area contributed by atoms with Crippen LogP contribution in [0, 0.1) is 11.3 Å². The second kappa shape index (κ2) is 8.33. The first-order valence-electron chi connectivity index (χ1n) is 8.27. The minimum absolute atomic E-state index is 0.200. The predicted octanol–water partition coefficient (Wildman–Crippen LogP) is 2.96. The summed E-state index contributed by atoms with van der Waals surface area (Å²) in [7, 11) is 0. The number of rotatable bonds is 6. The molecule has 0 aliphatic carbocycles. The molecule has 0 fully saturated rings. The molecule has 7 nitrogen and oxygen atoms in total. The maximum Gasteiger partial charge on any atom is 0.336 e. The molecular weight excluding hydrogens is 384 g/mol. The van der Waals surface area contributed by atoms with Crippen molar-refractivity contribution in [3.8, 4) is 6.07 Å². The Labute approximate surface area is 164 Å². The molecule has 0 aromatic carbocycles. The average Bonchev–Trinajstić information content (AvgIpc) is 3.31. The number of nitriles is 1. The first-order chi connectivity index (χ1) is 13.0. The maximum atomic E-state index is 12.6. The number of carbonyl (C=O) groups excluding carboxylic acids is 1. The fourth-order valence-electron chi connectivity index (χ4n) is 2.85. The van der Waals surface area contributed by atoms with Crippen LogP contribution in [0.1, 0.15) is 30.3 Å². The topological polar surface area (TPSA) is 111 Å². The van der Waals surface area contributed by atoms with Crippen molar-refractivity contribution in [3.05, 3.63) is 66.4 Å². The van der Waals surface area contributed by atoms with E-state index in [0.717, 1.165) is 10.6 Å². The van der Waals surface area contributed by atoms with Crippen molar-refractivity contribution >= 4 is 29.1 Å². The van der Waals surface area contributed by atoms with Crippen LogP contribution in [0.4, 0.5) is 0 Å². The van der Waals surface area contributed by atoms with Crippen LogP contribution in [0.3, 0.4) is 0 Å². The number of allylic oxidation sites excluding steroid dienone is 2. The lowest BCUT2D eigenvalue weighted by molar-refractivity contribution is -0.138. The third-order valence-corrected chi connectivity index (χ3v) is 6.00. The predicted molar refractivity (Wildman–Crippen MR) is 105 cm³/mol. The zero-order valence-corrected chi connectivity index (χ0v) is 16.4. The number of aromatic amines is 2. The van der Waals surface area contributed by atoms with E-state index in [2.05, 4.69) is 21.6 Å². The van der Waals surface area contributed by atoms with Gasteiger partial charge in [-0.3, -0.25) is 9.89 Å². The number of hydrogen-bond donors (Lipinski definition) is 3. The monoisotopic (exact) mass is 402 g/mol. The molecular formula is C18H18N4O3S2. The minimum atomic E-state index is -0.469. The van der Waals surface area contributed by atoms with Gasteiger partial charge in [0.15, 0.2) is 0 Å². The Morgan fingerprint density at radius 1 is 1.44 bits per heavy atom. The summed E-state index contributed by atoms with van der Waals surface area (Å²) in [4.78, 5) is 24.7. The molecule has 1 atom stereocenters. The van der Waals surface area contributed by atoms with Crippen LogP contribution in [-0.2, 0) is 15.3 Å². The van der Waals surface area contributed by atoms with Crippen molar-refractivity contribution in [2.45, 2.75) is 25.5 Å². The number of thiophene rings is 1. The van der Waals surface area contributed by atoms with Crippen LogP contribution < -0.4 is 10.9 Å². The molecule has 9 heteroatoms. The van der Waals surface area contributed by atoms with Crippen LogP contribution >= 0.6 is 23.1 Å². The number of dihydropyridines is 1. The molecule has 0 radical (unpaired) electrons. The highest BCUT2D eigenvalue weighted by Crippen LogP contribution is 2.42. The van der Waals surface area contributed by atoms with Crippen LogP contribution in [0.2, 0.25) is 0 Å². The van der Waals surface area contributed by atoms with Gasteiger partial charge in [-0.15, -0.1) is 23.1 Å². The maximum absolute atomic E-state index is 12.6. The standard InChI is InChI=1S/C18H18N4O3S2/c1-3-25-18(24)15-10(2)20-17(27-9-11-7-14(23)22-21-11)12(8-19)16(15)13-5-4-6-26-13/h4-7,16,20H,3,9H2,1-2H3,(H2,21,22,23)/t16-/m0/s1. The van der Waals surface area contributed by atoms with E-state index >= 15 is 0 Å². The second-order valence-electron chi connectivity index (χ2n) is 5.76. The van der Waals surface area contributed by atoms with E-state index in [9.17, 15) is 14.9 Å². The van der Waals surface area contributed by atoms with Crippen molar-refractivity contribution < 1.29 is 9.53 Å². The van der Waals surface area contributed by atoms with Gasteiger partial charge in [0.25, 0.3) is 5.56 Å². The van der Waals surface area contributed by atoms with Crippen molar-refractivity contribution in [1.29, 1.82) is 5.26 Å². The number of aromatic nitrogens is 2. The lowest BCUT2D eigenvalue weighted by Crippen LogP contribution is -2.28. The molecule has 1 aliphatic heterocycles. The van der Waals surface area contributed by atoms with Gasteiger partial charge in [-0.1, -0.05) is 6.07 Å². The highest BCUT2D eigenvalue weighted by molar-refractivity contribution is 8.02. The number of carbonyl (C=O) groups is 1. The summed E-state index contributed by atoms with van der Waals surface area (Å²) < 4.78 is 5.23. The Balaban J connectivity index is 1.98. The van der Waals surface area contributed by atoms with Gasteiger partial charge >= 0.3 is 5.97 Å². The molecule has 0 saturated heterocycles. The zero-order chi connectivity index (χ0) is 19.4. The molecule has 3 N–H and O–H groups in total. The van der Waals surface area contributed by atoms with Crippen LogP contribution in [0.5, 0.6) is 0 Å². The summed E-state index contributed by atoms with van der Waals surface area (Å²) in [6, 6.07) is 7.55. The average molecular weight is 403 g/mol. The largest absolute Gasteiger partial charge is 0.463 e. The van der Waals surface area contributed by atoms with E-state index < -0.39 is 11.9 Å². The van der Waals surface area contributed by atoms with Crippen LogP contribution in [0.15, 0.2) is 50.2 Å². The number of esters is 1. The summed E-state index contributed by atoms with van der Waals surface area (Å²) in [6.45, 7) is 3.82. The van der Waals surface area contributed by atoms with Gasteiger partial charge in [-0.25, -0.2) is 4.79 Å². The third-order valence-electron chi connectivity index (χ3n) is 3.99. The van der Waals surface area contributed by atoms with Gasteiger partial charge in [-0.2, -0.15) is 5.26 Å². The molecule has 2 aromatic heterocycles.